The monoisotopic (exact) mass is 432 g/mol. The molecular formula is C19H16F6Ge. The van der Waals surface area contributed by atoms with Crippen molar-refractivity contribution >= 4 is 22.1 Å². The molecular weight excluding hydrogens is 415 g/mol. The van der Waals surface area contributed by atoms with Crippen LogP contribution < -0.4 is 8.79 Å². The molecule has 1 fully saturated rings. The SMILES string of the molecule is C=C(C)[CH]1[CH2][Ge]1([c]1ccc(C(F)(F)F)cc1)[c]1ccc(C(F)(F)F)cc1. The summed E-state index contributed by atoms with van der Waals surface area (Å²) in [6.45, 7) is 5.83. The summed E-state index contributed by atoms with van der Waals surface area (Å²) in [4.78, 5) is 0. The first-order chi connectivity index (χ1) is 12.0. The van der Waals surface area contributed by atoms with Gasteiger partial charge in [0.2, 0.25) is 0 Å². The van der Waals surface area contributed by atoms with Crippen molar-refractivity contribution in [1.29, 1.82) is 0 Å². The average Bonchev–Trinajstić information content (AvgIpc) is 3.31. The summed E-state index contributed by atoms with van der Waals surface area (Å²) < 4.78 is 78.7. The van der Waals surface area contributed by atoms with Gasteiger partial charge in [0.25, 0.3) is 0 Å². The van der Waals surface area contributed by atoms with E-state index in [2.05, 4.69) is 6.58 Å². The molecule has 26 heavy (non-hydrogen) atoms. The Labute approximate surface area is 149 Å². The molecule has 0 N–H and O–H groups in total. The normalized spacial score (nSPS) is 19.3. The number of alkyl halides is 6. The average molecular weight is 431 g/mol. The molecule has 0 nitrogen and oxygen atoms in total. The molecule has 1 atom stereocenters. The van der Waals surface area contributed by atoms with Gasteiger partial charge in [-0.3, -0.25) is 0 Å². The van der Waals surface area contributed by atoms with Crippen LogP contribution in [0.15, 0.2) is 60.7 Å². The second kappa shape index (κ2) is 6.18. The third-order valence-electron chi connectivity index (χ3n) is 5.01. The van der Waals surface area contributed by atoms with Gasteiger partial charge in [0.1, 0.15) is 0 Å². The van der Waals surface area contributed by atoms with Gasteiger partial charge < -0.3 is 0 Å². The fourth-order valence-corrected chi connectivity index (χ4v) is 16.0. The minimum atomic E-state index is -4.41. The maximum absolute atomic E-state index is 12.8. The summed E-state index contributed by atoms with van der Waals surface area (Å²) in [6.07, 6.45) is -8.82. The molecule has 0 aliphatic carbocycles. The van der Waals surface area contributed by atoms with Crippen molar-refractivity contribution in [2.24, 2.45) is 0 Å². The van der Waals surface area contributed by atoms with Crippen LogP contribution in [0.4, 0.5) is 26.3 Å². The number of hydrogen-bond donors (Lipinski definition) is 0. The molecule has 138 valence electrons. The first kappa shape index (κ1) is 19.1. The molecule has 0 bridgehead atoms. The van der Waals surface area contributed by atoms with E-state index in [0.29, 0.717) is 0 Å². The molecule has 3 rings (SSSR count). The molecule has 0 spiro atoms. The molecule has 7 heteroatoms. The van der Waals surface area contributed by atoms with E-state index in [9.17, 15) is 26.3 Å². The Morgan fingerprint density at radius 1 is 0.808 bits per heavy atom. The van der Waals surface area contributed by atoms with Crippen molar-refractivity contribution < 1.29 is 26.3 Å². The third-order valence-corrected chi connectivity index (χ3v) is 15.8. The van der Waals surface area contributed by atoms with Crippen LogP contribution in [0.25, 0.3) is 0 Å². The van der Waals surface area contributed by atoms with Gasteiger partial charge in [0, 0.05) is 0 Å². The van der Waals surface area contributed by atoms with E-state index in [1.807, 2.05) is 6.92 Å². The summed E-state index contributed by atoms with van der Waals surface area (Å²) in [7, 11) is 0. The van der Waals surface area contributed by atoms with Crippen LogP contribution in [0, 0.1) is 0 Å². The number of benzene rings is 2. The van der Waals surface area contributed by atoms with Gasteiger partial charge in [-0.1, -0.05) is 0 Å². The molecule has 1 heterocycles. The molecule has 0 saturated carbocycles. The fourth-order valence-electron chi connectivity index (χ4n) is 3.58. The first-order valence-electron chi connectivity index (χ1n) is 7.97. The molecule has 1 aliphatic rings. The molecule has 1 saturated heterocycles. The fraction of sp³-hybridized carbons (Fsp3) is 0.263. The summed E-state index contributed by atoms with van der Waals surface area (Å²) in [5, 5.41) is 0.798. The topological polar surface area (TPSA) is 0 Å². The van der Waals surface area contributed by atoms with Gasteiger partial charge in [-0.15, -0.1) is 0 Å². The maximum atomic E-state index is 12.8. The Kier molecular flexibility index (Phi) is 4.54. The van der Waals surface area contributed by atoms with Gasteiger partial charge in [0.15, 0.2) is 0 Å². The van der Waals surface area contributed by atoms with Gasteiger partial charge in [-0.2, -0.15) is 0 Å². The van der Waals surface area contributed by atoms with E-state index in [4.69, 9.17) is 0 Å². The Morgan fingerprint density at radius 3 is 1.38 bits per heavy atom. The van der Waals surface area contributed by atoms with Crippen molar-refractivity contribution in [2.45, 2.75) is 29.3 Å². The van der Waals surface area contributed by atoms with Gasteiger partial charge >= 0.3 is 149 Å². The van der Waals surface area contributed by atoms with Crippen LogP contribution in [-0.2, 0) is 12.4 Å². The van der Waals surface area contributed by atoms with Crippen LogP contribution in [0.3, 0.4) is 0 Å². The third kappa shape index (κ3) is 3.31. The van der Waals surface area contributed by atoms with Crippen LogP contribution in [-0.4, -0.2) is 13.3 Å². The standard InChI is InChI=1S/C19H16F6Ge/c1-12(2)17-11-26(17,15-7-3-13(4-8-15)18(20,21)22)16-9-5-14(6-10-16)19(23,24)25/h3-10,17H,1,11H2,2H3. The number of hydrogen-bond acceptors (Lipinski definition) is 0. The van der Waals surface area contributed by atoms with E-state index in [-0.39, 0.29) is 4.75 Å². The van der Waals surface area contributed by atoms with Gasteiger partial charge in [-0.25, -0.2) is 0 Å². The Hall–Kier alpha value is -1.70. The predicted octanol–water partition coefficient (Wildman–Crippen LogP) is 5.25. The van der Waals surface area contributed by atoms with Gasteiger partial charge in [0.05, 0.1) is 0 Å². The molecule has 2 aromatic rings. The predicted molar refractivity (Wildman–Crippen MR) is 91.3 cm³/mol. The molecule has 0 radical (unpaired) electrons. The first-order valence-corrected chi connectivity index (χ1v) is 12.8. The Morgan fingerprint density at radius 2 is 1.15 bits per heavy atom. The van der Waals surface area contributed by atoms with Crippen LogP contribution in [0.5, 0.6) is 0 Å². The Balaban J connectivity index is 2.02. The van der Waals surface area contributed by atoms with Crippen molar-refractivity contribution in [1.82, 2.24) is 0 Å². The minimum absolute atomic E-state index is 0.170. The van der Waals surface area contributed by atoms with E-state index < -0.39 is 36.7 Å². The summed E-state index contributed by atoms with van der Waals surface area (Å²) in [6, 6.07) is 10.2. The summed E-state index contributed by atoms with van der Waals surface area (Å²) in [5.41, 5.74) is -0.512. The summed E-state index contributed by atoms with van der Waals surface area (Å²) >= 11 is -3.02. The molecule has 1 unspecified atom stereocenters. The van der Waals surface area contributed by atoms with Crippen molar-refractivity contribution in [2.75, 3.05) is 0 Å². The van der Waals surface area contributed by atoms with E-state index in [1.165, 1.54) is 24.3 Å². The van der Waals surface area contributed by atoms with E-state index >= 15 is 0 Å². The second-order valence-electron chi connectivity index (χ2n) is 6.72. The number of allylic oxidation sites excluding steroid dienone is 1. The Bertz CT molecular complexity index is 758. The molecule has 2 aromatic carbocycles. The van der Waals surface area contributed by atoms with E-state index in [0.717, 1.165) is 43.9 Å². The second-order valence-corrected chi connectivity index (χ2v) is 15.5. The zero-order chi connectivity index (χ0) is 19.3. The number of rotatable bonds is 3. The zero-order valence-corrected chi connectivity index (χ0v) is 16.0. The number of halogens is 6. The van der Waals surface area contributed by atoms with Crippen LogP contribution in [0.2, 0.25) is 10.0 Å². The molecule has 0 amide bonds. The molecule has 1 aliphatic heterocycles. The zero-order valence-electron chi connectivity index (χ0n) is 13.9. The van der Waals surface area contributed by atoms with Crippen molar-refractivity contribution in [3.8, 4) is 0 Å². The summed E-state index contributed by atoms with van der Waals surface area (Å²) in [5.74, 6) is 0. The quantitative estimate of drug-likeness (QED) is 0.354. The van der Waals surface area contributed by atoms with Gasteiger partial charge in [-0.05, 0) is 0 Å². The van der Waals surface area contributed by atoms with Crippen molar-refractivity contribution in [3.63, 3.8) is 0 Å². The van der Waals surface area contributed by atoms with Crippen molar-refractivity contribution in [3.05, 3.63) is 71.8 Å². The van der Waals surface area contributed by atoms with Crippen LogP contribution in [0.1, 0.15) is 18.1 Å². The van der Waals surface area contributed by atoms with Crippen LogP contribution >= 0.6 is 0 Å². The van der Waals surface area contributed by atoms with E-state index in [1.54, 1.807) is 0 Å². The molecule has 0 aromatic heterocycles.